The maximum absolute atomic E-state index is 13.7. The Morgan fingerprint density at radius 3 is 2.41 bits per heavy atom. The van der Waals surface area contributed by atoms with Crippen LogP contribution in [0.15, 0.2) is 71.1 Å². The van der Waals surface area contributed by atoms with Crippen molar-refractivity contribution in [3.05, 3.63) is 82.2 Å². The summed E-state index contributed by atoms with van der Waals surface area (Å²) >= 11 is 0. The highest BCUT2D eigenvalue weighted by Crippen LogP contribution is 2.47. The first kappa shape index (κ1) is 26.2. The first-order valence-corrected chi connectivity index (χ1v) is 12.5. The molecule has 0 bridgehead atoms. The number of carbonyl (C=O) groups is 3. The van der Waals surface area contributed by atoms with Crippen molar-refractivity contribution in [3.8, 4) is 11.5 Å². The van der Waals surface area contributed by atoms with Crippen molar-refractivity contribution in [2.45, 2.75) is 52.4 Å². The number of hydrogen-bond donors (Lipinski definition) is 1. The third-order valence-electron chi connectivity index (χ3n) is 6.64. The number of hydrogen-bond acceptors (Lipinski definition) is 7. The van der Waals surface area contributed by atoms with Crippen molar-refractivity contribution in [3.63, 3.8) is 0 Å². The minimum absolute atomic E-state index is 0.0164. The topological polar surface area (TPSA) is 90.9 Å². The quantitative estimate of drug-likeness (QED) is 0.411. The van der Waals surface area contributed by atoms with Gasteiger partial charge in [0.2, 0.25) is 0 Å². The molecule has 0 spiro atoms. The number of benzene rings is 2. The van der Waals surface area contributed by atoms with Gasteiger partial charge < -0.3 is 19.5 Å². The number of ketones is 1. The summed E-state index contributed by atoms with van der Waals surface area (Å²) in [7, 11) is 1.48. The van der Waals surface area contributed by atoms with Crippen molar-refractivity contribution < 1.29 is 28.6 Å². The van der Waals surface area contributed by atoms with E-state index in [1.54, 1.807) is 18.2 Å². The van der Waals surface area contributed by atoms with Crippen molar-refractivity contribution in [2.24, 2.45) is 5.92 Å². The number of carbonyl (C=O) groups excluding carboxylic acids is 3. The van der Waals surface area contributed by atoms with Crippen LogP contribution in [-0.2, 0) is 19.1 Å². The average molecular weight is 504 g/mol. The van der Waals surface area contributed by atoms with Crippen LogP contribution in [0, 0.1) is 5.92 Å². The molecule has 194 valence electrons. The smallest absolute Gasteiger partial charge is 0.336 e. The van der Waals surface area contributed by atoms with E-state index in [1.807, 2.05) is 51.1 Å². The number of rotatable bonds is 7. The van der Waals surface area contributed by atoms with Gasteiger partial charge in [0, 0.05) is 36.2 Å². The van der Waals surface area contributed by atoms with Gasteiger partial charge in [0.15, 0.2) is 17.3 Å². The first-order valence-electron chi connectivity index (χ1n) is 12.5. The van der Waals surface area contributed by atoms with E-state index in [0.29, 0.717) is 41.0 Å². The standard InChI is InChI=1S/C30H33NO6/c1-17(2)16-36-30(34)27-18(3)31-23-13-22(20-9-7-6-8-10-20)14-24(33)29(23)28(27)21-11-12-25(37-19(4)32)26(15-21)35-5/h6-12,15,17,22,28,31H,13-14,16H2,1-5H3/t22-,28+/m0/s1. The lowest BCUT2D eigenvalue weighted by molar-refractivity contribution is -0.140. The van der Waals surface area contributed by atoms with Gasteiger partial charge in [0.05, 0.1) is 19.3 Å². The zero-order valence-corrected chi connectivity index (χ0v) is 21.9. The molecule has 2 aromatic rings. The predicted molar refractivity (Wildman–Crippen MR) is 139 cm³/mol. The van der Waals surface area contributed by atoms with Gasteiger partial charge in [-0.3, -0.25) is 9.59 Å². The molecule has 1 N–H and O–H groups in total. The Morgan fingerprint density at radius 1 is 1.03 bits per heavy atom. The van der Waals surface area contributed by atoms with E-state index in [-0.39, 0.29) is 30.0 Å². The van der Waals surface area contributed by atoms with Gasteiger partial charge in [0.25, 0.3) is 0 Å². The highest BCUT2D eigenvalue weighted by Gasteiger charge is 2.41. The molecule has 2 aliphatic rings. The van der Waals surface area contributed by atoms with E-state index in [2.05, 4.69) is 5.32 Å². The largest absolute Gasteiger partial charge is 0.493 e. The third-order valence-corrected chi connectivity index (χ3v) is 6.64. The summed E-state index contributed by atoms with van der Waals surface area (Å²) in [5.74, 6) is -0.767. The second kappa shape index (κ2) is 11.0. The van der Waals surface area contributed by atoms with Crippen LogP contribution >= 0.6 is 0 Å². The van der Waals surface area contributed by atoms with Crippen LogP contribution in [0.3, 0.4) is 0 Å². The Kier molecular flexibility index (Phi) is 7.81. The molecular weight excluding hydrogens is 470 g/mol. The van der Waals surface area contributed by atoms with Gasteiger partial charge in [0.1, 0.15) is 0 Å². The number of ether oxygens (including phenoxy) is 3. The van der Waals surface area contributed by atoms with Crippen molar-refractivity contribution in [1.29, 1.82) is 0 Å². The van der Waals surface area contributed by atoms with Gasteiger partial charge in [-0.15, -0.1) is 0 Å². The predicted octanol–water partition coefficient (Wildman–Crippen LogP) is 5.18. The van der Waals surface area contributed by atoms with E-state index >= 15 is 0 Å². The minimum Gasteiger partial charge on any atom is -0.493 e. The number of nitrogens with one attached hydrogen (secondary N) is 1. The molecule has 2 aromatic carbocycles. The molecule has 0 amide bonds. The summed E-state index contributed by atoms with van der Waals surface area (Å²) in [6.45, 7) is 7.37. The van der Waals surface area contributed by atoms with Gasteiger partial charge in [-0.25, -0.2) is 4.79 Å². The van der Waals surface area contributed by atoms with Gasteiger partial charge in [-0.2, -0.15) is 0 Å². The number of methoxy groups -OCH3 is 1. The fourth-order valence-electron chi connectivity index (χ4n) is 5.03. The zero-order chi connectivity index (χ0) is 26.7. The highest BCUT2D eigenvalue weighted by atomic mass is 16.6. The fraction of sp³-hybridized carbons (Fsp3) is 0.367. The summed E-state index contributed by atoms with van der Waals surface area (Å²) in [4.78, 5) is 38.7. The zero-order valence-electron chi connectivity index (χ0n) is 21.9. The number of Topliss-reactive ketones (excluding diaryl/α,β-unsaturated/α-hetero) is 1. The first-order chi connectivity index (χ1) is 17.7. The van der Waals surface area contributed by atoms with Gasteiger partial charge in [-0.1, -0.05) is 50.2 Å². The number of dihydropyridines is 1. The number of esters is 2. The molecule has 37 heavy (non-hydrogen) atoms. The summed E-state index contributed by atoms with van der Waals surface area (Å²) in [5, 5.41) is 3.37. The van der Waals surface area contributed by atoms with E-state index < -0.39 is 17.9 Å². The number of allylic oxidation sites excluding steroid dienone is 3. The maximum atomic E-state index is 13.7. The second-order valence-corrected chi connectivity index (χ2v) is 9.92. The Morgan fingerprint density at radius 2 is 1.76 bits per heavy atom. The molecule has 1 heterocycles. The summed E-state index contributed by atoms with van der Waals surface area (Å²) in [6, 6.07) is 15.1. The van der Waals surface area contributed by atoms with Crippen molar-refractivity contribution in [2.75, 3.05) is 13.7 Å². The molecule has 2 atom stereocenters. The Balaban J connectivity index is 1.81. The lowest BCUT2D eigenvalue weighted by atomic mass is 9.71. The van der Waals surface area contributed by atoms with Crippen LogP contribution in [0.2, 0.25) is 0 Å². The van der Waals surface area contributed by atoms with Crippen LogP contribution in [-0.4, -0.2) is 31.4 Å². The van der Waals surface area contributed by atoms with Crippen LogP contribution in [0.1, 0.15) is 63.5 Å². The van der Waals surface area contributed by atoms with Crippen LogP contribution < -0.4 is 14.8 Å². The van der Waals surface area contributed by atoms with Crippen molar-refractivity contribution in [1.82, 2.24) is 5.32 Å². The highest BCUT2D eigenvalue weighted by molar-refractivity contribution is 6.04. The molecule has 0 saturated carbocycles. The SMILES string of the molecule is COc1cc([C@@H]2C(C(=O)OCC(C)C)=C(C)NC3=C2C(=O)C[C@@H](c2ccccc2)C3)ccc1OC(C)=O. The molecule has 4 rings (SSSR count). The monoisotopic (exact) mass is 503 g/mol. The summed E-state index contributed by atoms with van der Waals surface area (Å²) < 4.78 is 16.4. The molecule has 0 aromatic heterocycles. The maximum Gasteiger partial charge on any atom is 0.336 e. The molecule has 7 nitrogen and oxygen atoms in total. The molecular formula is C30H33NO6. The molecule has 7 heteroatoms. The van der Waals surface area contributed by atoms with E-state index in [1.165, 1.54) is 14.0 Å². The molecule has 0 radical (unpaired) electrons. The fourth-order valence-corrected chi connectivity index (χ4v) is 5.03. The second-order valence-electron chi connectivity index (χ2n) is 9.92. The lowest BCUT2D eigenvalue weighted by Crippen LogP contribution is -2.36. The molecule has 0 saturated heterocycles. The van der Waals surface area contributed by atoms with E-state index in [9.17, 15) is 14.4 Å². The minimum atomic E-state index is -0.639. The average Bonchev–Trinajstić information content (AvgIpc) is 2.86. The van der Waals surface area contributed by atoms with E-state index in [0.717, 1.165) is 11.3 Å². The molecule has 1 aliphatic carbocycles. The Labute approximate surface area is 217 Å². The van der Waals surface area contributed by atoms with Crippen LogP contribution in [0.25, 0.3) is 0 Å². The van der Waals surface area contributed by atoms with Crippen LogP contribution in [0.5, 0.6) is 11.5 Å². The summed E-state index contributed by atoms with van der Waals surface area (Å²) in [5.41, 5.74) is 4.23. The van der Waals surface area contributed by atoms with Gasteiger partial charge >= 0.3 is 11.9 Å². The summed E-state index contributed by atoms with van der Waals surface area (Å²) in [6.07, 6.45) is 0.993. The lowest BCUT2D eigenvalue weighted by Gasteiger charge is -2.37. The van der Waals surface area contributed by atoms with E-state index in [4.69, 9.17) is 14.2 Å². The third kappa shape index (κ3) is 5.61. The molecule has 0 fully saturated rings. The Hall–Kier alpha value is -3.87. The van der Waals surface area contributed by atoms with Gasteiger partial charge in [-0.05, 0) is 48.4 Å². The normalized spacial score (nSPS) is 19.4. The van der Waals surface area contributed by atoms with Crippen molar-refractivity contribution >= 4 is 17.7 Å². The molecule has 1 aliphatic heterocycles. The molecule has 0 unspecified atom stereocenters. The Bertz CT molecular complexity index is 1270. The van der Waals surface area contributed by atoms with Crippen LogP contribution in [0.4, 0.5) is 0 Å².